The van der Waals surface area contributed by atoms with Crippen LogP contribution >= 0.6 is 23.8 Å². The summed E-state index contributed by atoms with van der Waals surface area (Å²) in [7, 11) is -3.53. The molecule has 1 saturated heterocycles. The molecule has 2 heterocycles. The molecule has 1 aliphatic heterocycles. The normalized spacial score (nSPS) is 18.5. The van der Waals surface area contributed by atoms with Crippen molar-refractivity contribution < 1.29 is 8.42 Å². The van der Waals surface area contributed by atoms with Crippen LogP contribution in [-0.2, 0) is 10.0 Å². The highest BCUT2D eigenvalue weighted by Gasteiger charge is 2.26. The second-order valence-corrected chi connectivity index (χ2v) is 7.04. The molecule has 0 atom stereocenters. The third-order valence-corrected chi connectivity index (χ3v) is 5.95. The second kappa shape index (κ2) is 5.69. The lowest BCUT2D eigenvalue weighted by atomic mass is 10.2. The summed E-state index contributed by atoms with van der Waals surface area (Å²) in [6, 6.07) is 0. The Morgan fingerprint density at radius 2 is 1.78 bits per heavy atom. The van der Waals surface area contributed by atoms with Gasteiger partial charge in [-0.3, -0.25) is 0 Å². The van der Waals surface area contributed by atoms with Crippen LogP contribution in [0.25, 0.3) is 0 Å². The fourth-order valence-corrected chi connectivity index (χ4v) is 4.28. The van der Waals surface area contributed by atoms with Gasteiger partial charge in [-0.15, -0.1) is 0 Å². The lowest BCUT2D eigenvalue weighted by Crippen LogP contribution is -2.32. The number of hydrogen-bond acceptors (Lipinski definition) is 3. The van der Waals surface area contributed by atoms with Gasteiger partial charge in [0.2, 0.25) is 10.0 Å². The number of sulfonamides is 1. The van der Waals surface area contributed by atoms with Gasteiger partial charge in [-0.1, -0.05) is 36.7 Å². The largest absolute Gasteiger partial charge is 0.365 e. The fraction of sp³-hybridized carbons (Fsp3) is 0.545. The first-order valence-corrected chi connectivity index (χ1v) is 8.13. The van der Waals surface area contributed by atoms with E-state index in [4.69, 9.17) is 23.8 Å². The van der Waals surface area contributed by atoms with Crippen LogP contribution in [0.15, 0.2) is 17.3 Å². The molecule has 0 aromatic carbocycles. The Hall–Kier alpha value is -0.430. The molecule has 1 N–H and O–H groups in total. The molecule has 0 bridgehead atoms. The number of rotatable bonds is 2. The molecule has 1 aromatic heterocycles. The van der Waals surface area contributed by atoms with Crippen LogP contribution in [0.4, 0.5) is 0 Å². The van der Waals surface area contributed by atoms with Gasteiger partial charge >= 0.3 is 0 Å². The summed E-state index contributed by atoms with van der Waals surface area (Å²) < 4.78 is 26.7. The van der Waals surface area contributed by atoms with E-state index in [1.165, 1.54) is 16.7 Å². The van der Waals surface area contributed by atoms with Crippen molar-refractivity contribution in [2.24, 2.45) is 0 Å². The molecule has 0 saturated carbocycles. The molecule has 0 amide bonds. The van der Waals surface area contributed by atoms with Gasteiger partial charge in [0.15, 0.2) is 0 Å². The summed E-state index contributed by atoms with van der Waals surface area (Å²) in [6.45, 7) is 1.12. The first-order valence-electron chi connectivity index (χ1n) is 5.90. The van der Waals surface area contributed by atoms with Crippen molar-refractivity contribution in [2.45, 2.75) is 30.6 Å². The topological polar surface area (TPSA) is 53.2 Å². The molecule has 18 heavy (non-hydrogen) atoms. The second-order valence-electron chi connectivity index (χ2n) is 4.31. The summed E-state index contributed by atoms with van der Waals surface area (Å²) in [5, 5.41) is 0.265. The summed E-state index contributed by atoms with van der Waals surface area (Å²) in [5.74, 6) is 0. The van der Waals surface area contributed by atoms with Crippen LogP contribution in [0.2, 0.25) is 5.02 Å². The van der Waals surface area contributed by atoms with Gasteiger partial charge in [-0.05, 0) is 12.8 Å². The standard InChI is InChI=1S/C11H15ClN2O2S2/c12-9-7-13-8-10(11(9)17)18(15,16)14-5-3-1-2-4-6-14/h7-8H,1-6H2,(H,13,17). The van der Waals surface area contributed by atoms with E-state index >= 15 is 0 Å². The van der Waals surface area contributed by atoms with Crippen molar-refractivity contribution in [2.75, 3.05) is 13.1 Å². The number of hydrogen-bond donors (Lipinski definition) is 1. The molecule has 0 radical (unpaired) electrons. The van der Waals surface area contributed by atoms with Crippen molar-refractivity contribution in [1.82, 2.24) is 9.29 Å². The summed E-state index contributed by atoms with van der Waals surface area (Å²) >= 11 is 11.0. The zero-order valence-electron chi connectivity index (χ0n) is 9.86. The van der Waals surface area contributed by atoms with Gasteiger partial charge < -0.3 is 4.98 Å². The predicted octanol–water partition coefficient (Wildman–Crippen LogP) is 2.96. The molecule has 0 spiro atoms. The highest BCUT2D eigenvalue weighted by molar-refractivity contribution is 7.89. The smallest absolute Gasteiger partial charge is 0.246 e. The zero-order chi connectivity index (χ0) is 13.2. The van der Waals surface area contributed by atoms with Gasteiger partial charge in [0, 0.05) is 25.5 Å². The van der Waals surface area contributed by atoms with Crippen molar-refractivity contribution in [3.63, 3.8) is 0 Å². The highest BCUT2D eigenvalue weighted by Crippen LogP contribution is 2.23. The first kappa shape index (κ1) is 14.0. The Morgan fingerprint density at radius 3 is 2.39 bits per heavy atom. The Bertz CT molecular complexity index is 575. The van der Waals surface area contributed by atoms with E-state index in [2.05, 4.69) is 4.98 Å². The molecule has 1 fully saturated rings. The Morgan fingerprint density at radius 1 is 1.17 bits per heavy atom. The van der Waals surface area contributed by atoms with Crippen LogP contribution in [0, 0.1) is 4.51 Å². The molecule has 7 heteroatoms. The molecular weight excluding hydrogens is 292 g/mol. The Labute approximate surface area is 117 Å². The average molecular weight is 307 g/mol. The number of H-pyrrole nitrogens is 1. The van der Waals surface area contributed by atoms with E-state index in [9.17, 15) is 8.42 Å². The average Bonchev–Trinajstić information content (AvgIpc) is 2.61. The number of aromatic nitrogens is 1. The minimum Gasteiger partial charge on any atom is -0.365 e. The minimum atomic E-state index is -3.53. The number of aromatic amines is 1. The third kappa shape index (κ3) is 2.77. The summed E-state index contributed by atoms with van der Waals surface area (Å²) in [4.78, 5) is 2.83. The van der Waals surface area contributed by atoms with Crippen LogP contribution in [-0.4, -0.2) is 30.8 Å². The molecule has 0 aliphatic carbocycles. The summed E-state index contributed by atoms with van der Waals surface area (Å²) in [6.07, 6.45) is 6.86. The predicted molar refractivity (Wildman–Crippen MR) is 73.9 cm³/mol. The molecule has 1 aromatic rings. The molecule has 1 aliphatic rings. The van der Waals surface area contributed by atoms with Gasteiger partial charge in [-0.25, -0.2) is 8.42 Å². The van der Waals surface area contributed by atoms with E-state index in [0.29, 0.717) is 13.1 Å². The van der Waals surface area contributed by atoms with E-state index in [-0.39, 0.29) is 14.4 Å². The van der Waals surface area contributed by atoms with Gasteiger partial charge in [0.05, 0.1) is 9.53 Å². The maximum absolute atomic E-state index is 12.5. The maximum Gasteiger partial charge on any atom is 0.246 e. The minimum absolute atomic E-state index is 0.104. The fourth-order valence-electron chi connectivity index (χ4n) is 2.05. The number of nitrogens with one attached hydrogen (secondary N) is 1. The van der Waals surface area contributed by atoms with Gasteiger partial charge in [0.25, 0.3) is 0 Å². The lowest BCUT2D eigenvalue weighted by molar-refractivity contribution is 0.423. The molecule has 4 nitrogen and oxygen atoms in total. The molecule has 2 rings (SSSR count). The van der Waals surface area contributed by atoms with Crippen molar-refractivity contribution >= 4 is 33.8 Å². The van der Waals surface area contributed by atoms with Crippen molar-refractivity contribution in [1.29, 1.82) is 0 Å². The quantitative estimate of drug-likeness (QED) is 0.855. The van der Waals surface area contributed by atoms with Gasteiger partial charge in [-0.2, -0.15) is 4.31 Å². The highest BCUT2D eigenvalue weighted by atomic mass is 35.5. The Kier molecular flexibility index (Phi) is 4.42. The number of nitrogens with zero attached hydrogens (tertiary/aromatic N) is 1. The summed E-state index contributed by atoms with van der Waals surface area (Å²) in [5.41, 5.74) is 0. The SMILES string of the molecule is O=S(=O)(c1c[nH]cc(Cl)c1=S)N1CCCCCC1. The van der Waals surface area contributed by atoms with E-state index in [0.717, 1.165) is 25.7 Å². The van der Waals surface area contributed by atoms with Crippen molar-refractivity contribution in [3.05, 3.63) is 21.9 Å². The Balaban J connectivity index is 2.41. The van der Waals surface area contributed by atoms with Crippen LogP contribution in [0.3, 0.4) is 0 Å². The zero-order valence-corrected chi connectivity index (χ0v) is 12.2. The monoisotopic (exact) mass is 306 g/mol. The van der Waals surface area contributed by atoms with E-state index in [1.807, 2.05) is 0 Å². The van der Waals surface area contributed by atoms with Crippen LogP contribution in [0.5, 0.6) is 0 Å². The molecule has 0 unspecified atom stereocenters. The van der Waals surface area contributed by atoms with E-state index < -0.39 is 10.0 Å². The molecule has 100 valence electrons. The number of halogens is 1. The van der Waals surface area contributed by atoms with Crippen LogP contribution < -0.4 is 0 Å². The first-order chi connectivity index (χ1) is 8.53. The van der Waals surface area contributed by atoms with Gasteiger partial charge in [0.1, 0.15) is 4.90 Å². The number of pyridine rings is 1. The van der Waals surface area contributed by atoms with E-state index in [1.54, 1.807) is 0 Å². The lowest BCUT2D eigenvalue weighted by Gasteiger charge is -2.19. The van der Waals surface area contributed by atoms with Crippen LogP contribution in [0.1, 0.15) is 25.7 Å². The van der Waals surface area contributed by atoms with Crippen molar-refractivity contribution in [3.8, 4) is 0 Å². The third-order valence-electron chi connectivity index (χ3n) is 3.05. The maximum atomic E-state index is 12.5. The molecular formula is C11H15ClN2O2S2.